The molecule has 26 heavy (non-hydrogen) atoms. The Kier molecular flexibility index (Phi) is 4.32. The number of hydrogen-bond acceptors (Lipinski definition) is 3. The number of rotatable bonds is 1. The van der Waals surface area contributed by atoms with Crippen LogP contribution in [0.5, 0.6) is 0 Å². The number of allylic oxidation sites excluding steroid dienone is 7. The molecule has 5 heteroatoms. The van der Waals surface area contributed by atoms with Gasteiger partial charge in [0.2, 0.25) is 0 Å². The second kappa shape index (κ2) is 6.17. The monoisotopic (exact) mass is 350 g/mol. The molecule has 3 fully saturated rings. The van der Waals surface area contributed by atoms with Crippen LogP contribution in [0.2, 0.25) is 5.21 Å². The first-order chi connectivity index (χ1) is 12.2. The molecule has 0 aromatic carbocycles. The van der Waals surface area contributed by atoms with E-state index in [4.69, 9.17) is 21.9 Å². The Labute approximate surface area is 159 Å². The lowest BCUT2D eigenvalue weighted by atomic mass is 9.42. The molecule has 136 valence electrons. The zero-order valence-corrected chi connectivity index (χ0v) is 16.3. The van der Waals surface area contributed by atoms with Crippen molar-refractivity contribution in [3.05, 3.63) is 47.8 Å². The smallest absolute Gasteiger partial charge is 0.455 e. The van der Waals surface area contributed by atoms with Crippen LogP contribution in [0.4, 0.5) is 0 Å². The van der Waals surface area contributed by atoms with Gasteiger partial charge in [-0.1, -0.05) is 43.2 Å². The van der Waals surface area contributed by atoms with Crippen LogP contribution in [0.1, 0.15) is 53.4 Å². The summed E-state index contributed by atoms with van der Waals surface area (Å²) >= 11 is 0. The summed E-state index contributed by atoms with van der Waals surface area (Å²) in [6, 6.07) is 0. The maximum atomic E-state index is 6.87. The average molecular weight is 350 g/mol. The highest BCUT2D eigenvalue weighted by atomic mass is 16.7. The maximum absolute atomic E-state index is 6.87. The van der Waals surface area contributed by atoms with Crippen molar-refractivity contribution in [1.82, 2.24) is 0 Å². The fraction of sp³-hybridized carbons (Fsp3) is 0.619. The highest BCUT2D eigenvalue weighted by Crippen LogP contribution is 2.53. The molecule has 0 spiro atoms. The first-order valence-electron chi connectivity index (χ1n) is 9.79. The van der Waals surface area contributed by atoms with Crippen molar-refractivity contribution in [2.75, 3.05) is 0 Å². The molecule has 2 radical (unpaired) electrons. The summed E-state index contributed by atoms with van der Waals surface area (Å²) in [5.41, 5.74) is 0.601. The number of fused-ring (bicyclic) bond motifs is 3. The topological polar surface area (TPSA) is 27.7 Å². The fourth-order valence-corrected chi connectivity index (χ4v) is 4.34. The van der Waals surface area contributed by atoms with Gasteiger partial charge in [0, 0.05) is 11.5 Å². The molecule has 3 atom stereocenters. The van der Waals surface area contributed by atoms with Gasteiger partial charge in [-0.15, -0.1) is 0 Å². The molecule has 1 saturated carbocycles. The molecule has 2 saturated heterocycles. The quantitative estimate of drug-likeness (QED) is 0.653. The first kappa shape index (κ1) is 18.2. The first-order valence-corrected chi connectivity index (χ1v) is 9.79. The molecule has 2 heterocycles. The standard InChI is InChI=1S/C21H28B2O3/c1-19(2)20(3,4)26-23(25-19)21(22)13-11-16-15-9-7-5-6-8-10-17(15)24-18(16)12-14-21/h5-10,16,18H,11-14H2,1-4H3/b6-5?,7-5-,8-6-,9-7?,10-8?,15-9?,17-10?. The number of hydrogen-bond donors (Lipinski definition) is 0. The predicted octanol–water partition coefficient (Wildman–Crippen LogP) is 4.47. The lowest BCUT2D eigenvalue weighted by molar-refractivity contribution is 0.00578. The van der Waals surface area contributed by atoms with E-state index in [1.165, 1.54) is 5.57 Å². The fourth-order valence-electron chi connectivity index (χ4n) is 4.34. The second-order valence-electron chi connectivity index (χ2n) is 9.08. The van der Waals surface area contributed by atoms with Crippen LogP contribution < -0.4 is 0 Å². The molecular weight excluding hydrogens is 322 g/mol. The van der Waals surface area contributed by atoms with E-state index < -0.39 is 5.21 Å². The van der Waals surface area contributed by atoms with Gasteiger partial charge in [0.1, 0.15) is 11.9 Å². The van der Waals surface area contributed by atoms with Gasteiger partial charge in [-0.05, 0) is 51.8 Å². The van der Waals surface area contributed by atoms with Crippen molar-refractivity contribution >= 4 is 15.0 Å². The lowest BCUT2D eigenvalue weighted by Crippen LogP contribution is -2.41. The van der Waals surface area contributed by atoms with Crippen LogP contribution in [0, 0.1) is 5.92 Å². The van der Waals surface area contributed by atoms with E-state index in [1.54, 1.807) is 0 Å². The van der Waals surface area contributed by atoms with E-state index in [0.717, 1.165) is 31.4 Å². The zero-order valence-electron chi connectivity index (χ0n) is 16.3. The van der Waals surface area contributed by atoms with E-state index in [0.29, 0.717) is 5.92 Å². The van der Waals surface area contributed by atoms with Crippen LogP contribution in [0.3, 0.4) is 0 Å². The molecule has 0 bridgehead atoms. The molecule has 4 aliphatic rings. The van der Waals surface area contributed by atoms with E-state index in [1.807, 2.05) is 12.2 Å². The van der Waals surface area contributed by atoms with Gasteiger partial charge in [-0.3, -0.25) is 0 Å². The van der Waals surface area contributed by atoms with Gasteiger partial charge in [-0.2, -0.15) is 0 Å². The molecule has 4 rings (SSSR count). The van der Waals surface area contributed by atoms with Gasteiger partial charge < -0.3 is 14.0 Å². The van der Waals surface area contributed by atoms with Crippen molar-refractivity contribution in [2.24, 2.45) is 5.92 Å². The third-order valence-electron chi connectivity index (χ3n) is 6.81. The highest BCUT2D eigenvalue weighted by Gasteiger charge is 2.58. The van der Waals surface area contributed by atoms with E-state index in [2.05, 4.69) is 52.0 Å². The van der Waals surface area contributed by atoms with Gasteiger partial charge in [0.15, 0.2) is 0 Å². The van der Waals surface area contributed by atoms with Crippen molar-refractivity contribution in [3.8, 4) is 0 Å². The zero-order chi connectivity index (χ0) is 18.6. The summed E-state index contributed by atoms with van der Waals surface area (Å²) in [6.45, 7) is 8.34. The van der Waals surface area contributed by atoms with Crippen molar-refractivity contribution in [2.45, 2.75) is 75.9 Å². The molecule has 0 aromatic rings. The second-order valence-corrected chi connectivity index (χ2v) is 9.08. The molecule has 2 aliphatic carbocycles. The molecule has 0 aromatic heterocycles. The minimum absolute atomic E-state index is 0.195. The summed E-state index contributed by atoms with van der Waals surface area (Å²) in [4.78, 5) is 0. The van der Waals surface area contributed by atoms with Crippen LogP contribution in [0.15, 0.2) is 47.8 Å². The number of ether oxygens (including phenoxy) is 1. The third kappa shape index (κ3) is 2.93. The Hall–Kier alpha value is -1.19. The molecular formula is C21H28B2O3. The summed E-state index contributed by atoms with van der Waals surface area (Å²) in [5.74, 6) is 1.41. The van der Waals surface area contributed by atoms with Gasteiger partial charge >= 0.3 is 7.12 Å². The van der Waals surface area contributed by atoms with Crippen molar-refractivity contribution < 1.29 is 14.0 Å². The van der Waals surface area contributed by atoms with Gasteiger partial charge in [-0.25, -0.2) is 0 Å². The largest absolute Gasteiger partial charge is 0.489 e. The van der Waals surface area contributed by atoms with Crippen LogP contribution in [-0.4, -0.2) is 32.3 Å². The van der Waals surface area contributed by atoms with Crippen LogP contribution in [0.25, 0.3) is 0 Å². The maximum Gasteiger partial charge on any atom is 0.455 e. The van der Waals surface area contributed by atoms with E-state index in [9.17, 15) is 0 Å². The van der Waals surface area contributed by atoms with E-state index >= 15 is 0 Å². The molecule has 0 amide bonds. The van der Waals surface area contributed by atoms with Gasteiger partial charge in [0.05, 0.1) is 19.0 Å². The normalized spacial score (nSPS) is 40.1. The Bertz CT molecular complexity index is 688. The third-order valence-corrected chi connectivity index (χ3v) is 6.81. The summed E-state index contributed by atoms with van der Waals surface area (Å²) in [5, 5.41) is -0.472. The van der Waals surface area contributed by atoms with Crippen LogP contribution >= 0.6 is 0 Å². The van der Waals surface area contributed by atoms with Crippen molar-refractivity contribution in [3.63, 3.8) is 0 Å². The van der Waals surface area contributed by atoms with Crippen molar-refractivity contribution in [1.29, 1.82) is 0 Å². The lowest BCUT2D eigenvalue weighted by Gasteiger charge is -2.32. The summed E-state index contributed by atoms with van der Waals surface area (Å²) < 4.78 is 18.9. The Morgan fingerprint density at radius 2 is 1.54 bits per heavy atom. The SMILES string of the molecule is [B]C1(B2OC(C)(C)C(C)(C)O2)CCC2OC3=C/C=C\C=C/C=C3C2CC1. The highest BCUT2D eigenvalue weighted by molar-refractivity contribution is 6.60. The Morgan fingerprint density at radius 3 is 2.23 bits per heavy atom. The molecule has 3 unspecified atom stereocenters. The van der Waals surface area contributed by atoms with Gasteiger partial charge in [0.25, 0.3) is 0 Å². The Morgan fingerprint density at radius 1 is 0.923 bits per heavy atom. The summed E-state index contributed by atoms with van der Waals surface area (Å²) in [7, 11) is 6.50. The predicted molar refractivity (Wildman–Crippen MR) is 106 cm³/mol. The molecule has 3 nitrogen and oxygen atoms in total. The minimum atomic E-state index is -0.472. The average Bonchev–Trinajstić information content (AvgIpc) is 2.89. The van der Waals surface area contributed by atoms with Crippen LogP contribution in [-0.2, 0) is 14.0 Å². The Balaban J connectivity index is 1.54. The van der Waals surface area contributed by atoms with E-state index in [-0.39, 0.29) is 24.4 Å². The summed E-state index contributed by atoms with van der Waals surface area (Å²) in [6.07, 6.45) is 16.3. The molecule has 2 aliphatic heterocycles. The molecule has 0 N–H and O–H groups in total. The minimum Gasteiger partial charge on any atom is -0.489 e.